The molecule has 4 N–H and O–H groups in total. The van der Waals surface area contributed by atoms with Crippen LogP contribution in [0.15, 0.2) is 24.3 Å². The Morgan fingerprint density at radius 3 is 1.94 bits per heavy atom. The van der Waals surface area contributed by atoms with E-state index in [9.17, 15) is 0 Å². The zero-order valence-corrected chi connectivity index (χ0v) is 11.8. The highest BCUT2D eigenvalue weighted by Gasteiger charge is 1.99. The maximum absolute atomic E-state index is 9.01. The number of phenols is 1. The third-order valence-electron chi connectivity index (χ3n) is 1.76. The smallest absolute Gasteiger partial charge is 0.115 e. The van der Waals surface area contributed by atoms with Crippen LogP contribution in [-0.2, 0) is 6.42 Å². The summed E-state index contributed by atoms with van der Waals surface area (Å²) in [7, 11) is 0. The van der Waals surface area contributed by atoms with Crippen LogP contribution in [0.25, 0.3) is 0 Å². The standard InChI is InChI=1S/C9H14N2O.C3H8.C2H6/c1-7(11-10)6-8-2-4-9(12)5-3-8;1-3-2;1-2/h2-5,7,11-12H,6,10H2,1H3;3H2,1-2H3;1-2H3. The molecule has 3 heteroatoms. The van der Waals surface area contributed by atoms with Gasteiger partial charge < -0.3 is 5.11 Å². The molecule has 3 nitrogen and oxygen atoms in total. The lowest BCUT2D eigenvalue weighted by molar-refractivity contribution is 0.474. The molecule has 0 spiro atoms. The van der Waals surface area contributed by atoms with E-state index in [-0.39, 0.29) is 6.04 Å². The molecule has 0 fully saturated rings. The third kappa shape index (κ3) is 11.2. The Morgan fingerprint density at radius 2 is 1.59 bits per heavy atom. The Hall–Kier alpha value is -1.06. The molecule has 1 unspecified atom stereocenters. The second kappa shape index (κ2) is 13.0. The summed E-state index contributed by atoms with van der Waals surface area (Å²) in [4.78, 5) is 0. The molecule has 1 atom stereocenters. The summed E-state index contributed by atoms with van der Waals surface area (Å²) in [5.41, 5.74) is 3.83. The number of rotatable bonds is 3. The number of benzene rings is 1. The monoisotopic (exact) mass is 240 g/mol. The number of nitrogens with two attached hydrogens (primary N) is 1. The van der Waals surface area contributed by atoms with Gasteiger partial charge in [0.05, 0.1) is 0 Å². The van der Waals surface area contributed by atoms with Crippen LogP contribution >= 0.6 is 0 Å². The van der Waals surface area contributed by atoms with Gasteiger partial charge in [-0.1, -0.05) is 46.2 Å². The zero-order valence-electron chi connectivity index (χ0n) is 11.8. The molecule has 1 rings (SSSR count). The maximum atomic E-state index is 9.01. The lowest BCUT2D eigenvalue weighted by Crippen LogP contribution is -2.33. The SMILES string of the molecule is CC.CC(Cc1ccc(O)cc1)NN.CCC. The maximum Gasteiger partial charge on any atom is 0.115 e. The predicted molar refractivity (Wildman–Crippen MR) is 75.9 cm³/mol. The van der Waals surface area contributed by atoms with Gasteiger partial charge in [-0.2, -0.15) is 0 Å². The molecule has 100 valence electrons. The van der Waals surface area contributed by atoms with E-state index in [1.54, 1.807) is 12.1 Å². The minimum absolute atomic E-state index is 0.259. The van der Waals surface area contributed by atoms with Gasteiger partial charge in [-0.15, -0.1) is 0 Å². The zero-order chi connectivity index (χ0) is 13.7. The number of aromatic hydroxyl groups is 1. The van der Waals surface area contributed by atoms with Crippen molar-refractivity contribution >= 4 is 0 Å². The fourth-order valence-electron chi connectivity index (χ4n) is 1.04. The molecule has 0 bridgehead atoms. The van der Waals surface area contributed by atoms with Gasteiger partial charge in [0.15, 0.2) is 0 Å². The molecule has 0 radical (unpaired) electrons. The van der Waals surface area contributed by atoms with Crippen molar-refractivity contribution < 1.29 is 5.11 Å². The molecule has 17 heavy (non-hydrogen) atoms. The normalized spacial score (nSPS) is 10.5. The molecule has 0 saturated heterocycles. The highest BCUT2D eigenvalue weighted by atomic mass is 16.3. The van der Waals surface area contributed by atoms with E-state index >= 15 is 0 Å². The molecule has 1 aromatic carbocycles. The summed E-state index contributed by atoms with van der Waals surface area (Å²) in [6.07, 6.45) is 2.12. The quantitative estimate of drug-likeness (QED) is 0.561. The Bertz CT molecular complexity index is 247. The number of hydrogen-bond acceptors (Lipinski definition) is 3. The average Bonchev–Trinajstić information content (AvgIpc) is 2.35. The second-order valence-corrected chi connectivity index (χ2v) is 3.65. The Morgan fingerprint density at radius 1 is 1.18 bits per heavy atom. The summed E-state index contributed by atoms with van der Waals surface area (Å²) in [5.74, 6) is 5.55. The fourth-order valence-corrected chi connectivity index (χ4v) is 1.04. The molecule has 0 aliphatic heterocycles. The van der Waals surface area contributed by atoms with Crippen LogP contribution in [0.3, 0.4) is 0 Å². The molecule has 0 saturated carbocycles. The van der Waals surface area contributed by atoms with Crippen LogP contribution < -0.4 is 11.3 Å². The lowest BCUT2D eigenvalue weighted by Gasteiger charge is -2.08. The topological polar surface area (TPSA) is 58.3 Å². The van der Waals surface area contributed by atoms with Gasteiger partial charge in [0.25, 0.3) is 0 Å². The molecule has 0 aliphatic carbocycles. The van der Waals surface area contributed by atoms with Crippen LogP contribution in [0.5, 0.6) is 5.75 Å². The Labute approximate surface area is 106 Å². The Balaban J connectivity index is 0. The van der Waals surface area contributed by atoms with E-state index in [0.29, 0.717) is 5.75 Å². The van der Waals surface area contributed by atoms with Gasteiger partial charge in [0.1, 0.15) is 5.75 Å². The minimum atomic E-state index is 0.259. The van der Waals surface area contributed by atoms with Gasteiger partial charge in [-0.25, -0.2) is 0 Å². The lowest BCUT2D eigenvalue weighted by atomic mass is 10.1. The van der Waals surface area contributed by atoms with Crippen molar-refractivity contribution in [2.24, 2.45) is 5.84 Å². The molecule has 0 aliphatic rings. The fraction of sp³-hybridized carbons (Fsp3) is 0.571. The van der Waals surface area contributed by atoms with E-state index in [1.807, 2.05) is 32.9 Å². The van der Waals surface area contributed by atoms with Crippen molar-refractivity contribution in [2.75, 3.05) is 0 Å². The van der Waals surface area contributed by atoms with E-state index < -0.39 is 0 Å². The van der Waals surface area contributed by atoms with E-state index in [2.05, 4.69) is 19.3 Å². The van der Waals surface area contributed by atoms with Crippen LogP contribution in [-0.4, -0.2) is 11.1 Å². The molecular weight excluding hydrogens is 212 g/mol. The van der Waals surface area contributed by atoms with Crippen molar-refractivity contribution in [3.8, 4) is 5.75 Å². The summed E-state index contributed by atoms with van der Waals surface area (Å²) < 4.78 is 0. The van der Waals surface area contributed by atoms with Gasteiger partial charge in [0.2, 0.25) is 0 Å². The number of hydrogen-bond donors (Lipinski definition) is 3. The first-order chi connectivity index (χ1) is 8.13. The predicted octanol–water partition coefficient (Wildman–Crippen LogP) is 3.23. The summed E-state index contributed by atoms with van der Waals surface area (Å²) in [6, 6.07) is 7.40. The first-order valence-corrected chi connectivity index (χ1v) is 6.38. The van der Waals surface area contributed by atoms with Crippen LogP contribution in [0.1, 0.15) is 46.6 Å². The van der Waals surface area contributed by atoms with E-state index in [1.165, 1.54) is 12.0 Å². The van der Waals surface area contributed by atoms with Crippen LogP contribution in [0.2, 0.25) is 0 Å². The van der Waals surface area contributed by atoms with Crippen molar-refractivity contribution in [1.82, 2.24) is 5.43 Å². The van der Waals surface area contributed by atoms with Crippen molar-refractivity contribution in [2.45, 2.75) is 53.5 Å². The molecule has 0 heterocycles. The first kappa shape index (κ1) is 18.3. The third-order valence-corrected chi connectivity index (χ3v) is 1.76. The molecule has 0 aromatic heterocycles. The van der Waals surface area contributed by atoms with Gasteiger partial charge in [-0.05, 0) is 31.0 Å². The van der Waals surface area contributed by atoms with Crippen molar-refractivity contribution in [3.63, 3.8) is 0 Å². The van der Waals surface area contributed by atoms with E-state index in [0.717, 1.165) is 6.42 Å². The summed E-state index contributed by atoms with van der Waals surface area (Å²) >= 11 is 0. The second-order valence-electron chi connectivity index (χ2n) is 3.65. The largest absolute Gasteiger partial charge is 0.508 e. The minimum Gasteiger partial charge on any atom is -0.508 e. The van der Waals surface area contributed by atoms with Gasteiger partial charge in [-0.3, -0.25) is 11.3 Å². The summed E-state index contributed by atoms with van der Waals surface area (Å²) in [5, 5.41) is 9.01. The van der Waals surface area contributed by atoms with Crippen LogP contribution in [0, 0.1) is 0 Å². The molecule has 1 aromatic rings. The van der Waals surface area contributed by atoms with Crippen molar-refractivity contribution in [3.05, 3.63) is 29.8 Å². The molecular formula is C14H28N2O. The van der Waals surface area contributed by atoms with E-state index in [4.69, 9.17) is 10.9 Å². The molecule has 0 amide bonds. The number of phenolic OH excluding ortho intramolecular Hbond substituents is 1. The Kier molecular flexibility index (Phi) is 14.0. The van der Waals surface area contributed by atoms with Crippen LogP contribution in [0.4, 0.5) is 0 Å². The number of nitrogens with one attached hydrogen (secondary N) is 1. The number of hydrazine groups is 1. The highest BCUT2D eigenvalue weighted by molar-refractivity contribution is 5.26. The summed E-state index contributed by atoms with van der Waals surface area (Å²) in [6.45, 7) is 10.3. The van der Waals surface area contributed by atoms with Gasteiger partial charge in [0, 0.05) is 6.04 Å². The van der Waals surface area contributed by atoms with Gasteiger partial charge >= 0.3 is 0 Å². The van der Waals surface area contributed by atoms with Crippen molar-refractivity contribution in [1.29, 1.82) is 0 Å². The highest BCUT2D eigenvalue weighted by Crippen LogP contribution is 2.10. The average molecular weight is 240 g/mol. The first-order valence-electron chi connectivity index (χ1n) is 6.38.